The first-order chi connectivity index (χ1) is 11.3. The molecule has 0 aliphatic heterocycles. The molecule has 124 valence electrons. The largest absolute Gasteiger partial charge is 0.478 e. The Morgan fingerprint density at radius 3 is 2.79 bits per heavy atom. The second-order valence-corrected chi connectivity index (χ2v) is 5.39. The van der Waals surface area contributed by atoms with Crippen molar-refractivity contribution >= 4 is 5.97 Å². The fourth-order valence-electron chi connectivity index (χ4n) is 2.53. The van der Waals surface area contributed by atoms with Crippen LogP contribution in [-0.2, 0) is 0 Å². The normalized spacial score (nSPS) is 17.6. The van der Waals surface area contributed by atoms with Crippen LogP contribution in [0.3, 0.4) is 0 Å². The zero-order valence-corrected chi connectivity index (χ0v) is 12.4. The fraction of sp³-hybridized carbons (Fsp3) is 0.176. The number of alkyl halides is 3. The summed E-state index contributed by atoms with van der Waals surface area (Å²) in [5.74, 6) is -1.05. The molecule has 3 rings (SSSR count). The van der Waals surface area contributed by atoms with Gasteiger partial charge in [0.25, 0.3) is 0 Å². The third kappa shape index (κ3) is 3.24. The lowest BCUT2D eigenvalue weighted by atomic mass is 10.0. The van der Waals surface area contributed by atoms with E-state index in [1.165, 1.54) is 22.9 Å². The summed E-state index contributed by atoms with van der Waals surface area (Å²) in [6.45, 7) is 0. The zero-order valence-electron chi connectivity index (χ0n) is 12.4. The van der Waals surface area contributed by atoms with Crippen LogP contribution in [0.1, 0.15) is 22.8 Å². The van der Waals surface area contributed by atoms with E-state index < -0.39 is 23.8 Å². The number of benzene rings is 1. The molecule has 1 atom stereocenters. The van der Waals surface area contributed by atoms with E-state index in [0.29, 0.717) is 17.7 Å². The van der Waals surface area contributed by atoms with Gasteiger partial charge in [0.1, 0.15) is 0 Å². The molecule has 1 aliphatic carbocycles. The second-order valence-electron chi connectivity index (χ2n) is 5.39. The molecule has 1 unspecified atom stereocenters. The minimum Gasteiger partial charge on any atom is -0.478 e. The first-order valence-electron chi connectivity index (χ1n) is 7.19. The van der Waals surface area contributed by atoms with Crippen molar-refractivity contribution in [3.05, 3.63) is 65.9 Å². The number of nitrogens with zero attached hydrogens (tertiary/aromatic N) is 2. The van der Waals surface area contributed by atoms with Crippen molar-refractivity contribution in [1.82, 2.24) is 9.78 Å². The van der Waals surface area contributed by atoms with Crippen molar-refractivity contribution in [2.75, 3.05) is 0 Å². The van der Waals surface area contributed by atoms with Gasteiger partial charge in [-0.25, -0.2) is 4.79 Å². The van der Waals surface area contributed by atoms with E-state index >= 15 is 0 Å². The first-order valence-corrected chi connectivity index (χ1v) is 7.19. The van der Waals surface area contributed by atoms with Gasteiger partial charge in [-0.15, -0.1) is 0 Å². The number of aromatic carboxylic acids is 1. The molecular weight excluding hydrogens is 321 g/mol. The van der Waals surface area contributed by atoms with Crippen LogP contribution in [0.2, 0.25) is 0 Å². The van der Waals surface area contributed by atoms with Crippen LogP contribution in [0.25, 0.3) is 11.3 Å². The van der Waals surface area contributed by atoms with Gasteiger partial charge in [-0.05, 0) is 30.7 Å². The predicted octanol–water partition coefficient (Wildman–Crippen LogP) is 4.24. The fourth-order valence-corrected chi connectivity index (χ4v) is 2.53. The SMILES string of the molecule is O=C(O)c1cccc(-c2ccn(C3C=C(C(F)(F)F)C=CC3)n2)c1. The molecule has 1 N–H and O–H groups in total. The Balaban J connectivity index is 1.89. The lowest BCUT2D eigenvalue weighted by molar-refractivity contribution is -0.0889. The molecule has 0 saturated carbocycles. The maximum atomic E-state index is 12.8. The van der Waals surface area contributed by atoms with Crippen molar-refractivity contribution in [2.45, 2.75) is 18.6 Å². The van der Waals surface area contributed by atoms with Crippen molar-refractivity contribution in [2.24, 2.45) is 0 Å². The summed E-state index contributed by atoms with van der Waals surface area (Å²) in [5.41, 5.74) is 0.542. The van der Waals surface area contributed by atoms with Crippen LogP contribution in [0.5, 0.6) is 0 Å². The van der Waals surface area contributed by atoms with Crippen molar-refractivity contribution in [1.29, 1.82) is 0 Å². The van der Waals surface area contributed by atoms with Gasteiger partial charge in [-0.3, -0.25) is 4.68 Å². The van der Waals surface area contributed by atoms with E-state index in [2.05, 4.69) is 5.10 Å². The summed E-state index contributed by atoms with van der Waals surface area (Å²) < 4.78 is 39.9. The standard InChI is InChI=1S/C17H13F3N2O2/c18-17(19,20)13-5-2-6-14(10-13)22-8-7-15(21-22)11-3-1-4-12(9-11)16(23)24/h1-5,7-10,14H,6H2,(H,23,24). The Bertz CT molecular complexity index is 834. The summed E-state index contributed by atoms with van der Waals surface area (Å²) in [6, 6.07) is 7.38. The van der Waals surface area contributed by atoms with E-state index in [4.69, 9.17) is 5.11 Å². The van der Waals surface area contributed by atoms with Gasteiger partial charge in [-0.1, -0.05) is 24.3 Å². The molecule has 0 amide bonds. The Morgan fingerprint density at radius 1 is 1.29 bits per heavy atom. The Labute approximate surface area is 135 Å². The topological polar surface area (TPSA) is 55.1 Å². The molecule has 24 heavy (non-hydrogen) atoms. The smallest absolute Gasteiger partial charge is 0.416 e. The van der Waals surface area contributed by atoms with E-state index in [-0.39, 0.29) is 5.56 Å². The highest BCUT2D eigenvalue weighted by Crippen LogP contribution is 2.33. The number of aromatic nitrogens is 2. The van der Waals surface area contributed by atoms with Gasteiger partial charge in [0.05, 0.1) is 22.9 Å². The van der Waals surface area contributed by atoms with Crippen LogP contribution in [-0.4, -0.2) is 27.0 Å². The predicted molar refractivity (Wildman–Crippen MR) is 81.6 cm³/mol. The number of hydrogen-bond donors (Lipinski definition) is 1. The minimum absolute atomic E-state index is 0.127. The summed E-state index contributed by atoms with van der Waals surface area (Å²) >= 11 is 0. The maximum absolute atomic E-state index is 12.8. The summed E-state index contributed by atoms with van der Waals surface area (Å²) in [6.07, 6.45) is 1.30. The Morgan fingerprint density at radius 2 is 2.08 bits per heavy atom. The molecule has 0 saturated heterocycles. The first kappa shape index (κ1) is 16.0. The molecular formula is C17H13F3N2O2. The maximum Gasteiger partial charge on any atom is 0.416 e. The third-order valence-electron chi connectivity index (χ3n) is 3.73. The van der Waals surface area contributed by atoms with Gasteiger partial charge in [0, 0.05) is 11.8 Å². The highest BCUT2D eigenvalue weighted by Gasteiger charge is 2.33. The zero-order chi connectivity index (χ0) is 17.3. The molecule has 7 heteroatoms. The number of halogens is 3. The lowest BCUT2D eigenvalue weighted by Crippen LogP contribution is -2.16. The number of carboxylic acids is 1. The number of hydrogen-bond acceptors (Lipinski definition) is 2. The number of carboxylic acid groups (broad SMARTS) is 1. The minimum atomic E-state index is -4.39. The van der Waals surface area contributed by atoms with Crippen LogP contribution in [0, 0.1) is 0 Å². The summed E-state index contributed by atoms with van der Waals surface area (Å²) in [4.78, 5) is 11.0. The highest BCUT2D eigenvalue weighted by atomic mass is 19.4. The van der Waals surface area contributed by atoms with Gasteiger partial charge in [0.2, 0.25) is 0 Å². The third-order valence-corrected chi connectivity index (χ3v) is 3.73. The molecule has 1 aromatic carbocycles. The molecule has 4 nitrogen and oxygen atoms in total. The van der Waals surface area contributed by atoms with Crippen molar-refractivity contribution in [3.63, 3.8) is 0 Å². The molecule has 0 bridgehead atoms. The number of allylic oxidation sites excluding steroid dienone is 4. The number of rotatable bonds is 3. The van der Waals surface area contributed by atoms with Crippen LogP contribution < -0.4 is 0 Å². The van der Waals surface area contributed by atoms with Crippen molar-refractivity contribution in [3.8, 4) is 11.3 Å². The molecule has 0 fully saturated rings. The van der Waals surface area contributed by atoms with E-state index in [1.54, 1.807) is 24.4 Å². The molecule has 0 radical (unpaired) electrons. The van der Waals surface area contributed by atoms with E-state index in [0.717, 1.165) is 12.2 Å². The van der Waals surface area contributed by atoms with Crippen LogP contribution >= 0.6 is 0 Å². The average Bonchev–Trinajstić information content (AvgIpc) is 3.04. The van der Waals surface area contributed by atoms with Gasteiger partial charge < -0.3 is 5.11 Å². The highest BCUT2D eigenvalue weighted by molar-refractivity contribution is 5.89. The lowest BCUT2D eigenvalue weighted by Gasteiger charge is -2.18. The van der Waals surface area contributed by atoms with Gasteiger partial charge in [0.15, 0.2) is 0 Å². The second kappa shape index (κ2) is 5.99. The average molecular weight is 334 g/mol. The molecule has 1 aromatic heterocycles. The van der Waals surface area contributed by atoms with Crippen LogP contribution in [0.15, 0.2) is 60.3 Å². The summed E-state index contributed by atoms with van der Waals surface area (Å²) in [5, 5.41) is 13.3. The Hall–Kier alpha value is -2.83. The van der Waals surface area contributed by atoms with E-state index in [9.17, 15) is 18.0 Å². The molecule has 1 aliphatic rings. The van der Waals surface area contributed by atoms with E-state index in [1.807, 2.05) is 0 Å². The molecule has 0 spiro atoms. The molecule has 2 aromatic rings. The number of carbonyl (C=O) groups is 1. The Kier molecular flexibility index (Phi) is 4.01. The summed E-state index contributed by atoms with van der Waals surface area (Å²) in [7, 11) is 0. The monoisotopic (exact) mass is 334 g/mol. The van der Waals surface area contributed by atoms with Gasteiger partial charge >= 0.3 is 12.1 Å². The van der Waals surface area contributed by atoms with Gasteiger partial charge in [-0.2, -0.15) is 18.3 Å². The van der Waals surface area contributed by atoms with Crippen molar-refractivity contribution < 1.29 is 23.1 Å². The quantitative estimate of drug-likeness (QED) is 0.913. The van der Waals surface area contributed by atoms with Crippen LogP contribution in [0.4, 0.5) is 13.2 Å². The molecule has 1 heterocycles.